The summed E-state index contributed by atoms with van der Waals surface area (Å²) < 4.78 is 28.9. The second-order valence-corrected chi connectivity index (χ2v) is 11.6. The maximum absolute atomic E-state index is 13.1. The largest absolute Gasteiger partial charge is 0.369 e. The monoisotopic (exact) mass is 506 g/mol. The molecule has 1 saturated carbocycles. The van der Waals surface area contributed by atoms with Gasteiger partial charge >= 0.3 is 0 Å². The Morgan fingerprint density at radius 1 is 1.08 bits per heavy atom. The van der Waals surface area contributed by atoms with Crippen molar-refractivity contribution < 1.29 is 8.42 Å². The zero-order valence-corrected chi connectivity index (χ0v) is 22.7. The topological polar surface area (TPSA) is 65.0 Å². The number of hydrogen-bond donors (Lipinski definition) is 1. The Morgan fingerprint density at radius 3 is 2.33 bits per heavy atom. The van der Waals surface area contributed by atoms with Gasteiger partial charge in [0.2, 0.25) is 0 Å². The average Bonchev–Trinajstić information content (AvgIpc) is 3.65. The molecule has 1 heterocycles. The first-order chi connectivity index (χ1) is 17.2. The van der Waals surface area contributed by atoms with Crippen LogP contribution in [0.15, 0.2) is 70.6 Å². The van der Waals surface area contributed by atoms with Gasteiger partial charge in [0.1, 0.15) is 4.90 Å². The predicted molar refractivity (Wildman–Crippen MR) is 150 cm³/mol. The summed E-state index contributed by atoms with van der Waals surface area (Å²) in [5, 5.41) is 0. The number of aryl methyl sites for hydroxylation is 1. The van der Waals surface area contributed by atoms with Gasteiger partial charge in [0.05, 0.1) is 5.69 Å². The number of allylic oxidation sites excluding steroid dienone is 1. The van der Waals surface area contributed by atoms with E-state index in [1.165, 1.54) is 18.4 Å². The Bertz CT molecular complexity index is 1270. The molecule has 0 unspecified atom stereocenters. The van der Waals surface area contributed by atoms with Gasteiger partial charge in [-0.15, -0.1) is 0 Å². The smallest absolute Gasteiger partial charge is 0.264 e. The van der Waals surface area contributed by atoms with Gasteiger partial charge in [-0.3, -0.25) is 14.6 Å². The van der Waals surface area contributed by atoms with Crippen LogP contribution in [0.1, 0.15) is 44.7 Å². The third-order valence-corrected chi connectivity index (χ3v) is 9.04. The Morgan fingerprint density at radius 2 is 1.75 bits per heavy atom. The zero-order chi connectivity index (χ0) is 25.9. The number of nitrogens with zero attached hydrogens (tertiary/aromatic N) is 3. The quantitative estimate of drug-likeness (QED) is 0.342. The van der Waals surface area contributed by atoms with Crippen molar-refractivity contribution in [2.45, 2.75) is 45.4 Å². The molecule has 2 fully saturated rings. The Hall–Kier alpha value is -2.90. The molecule has 1 aliphatic carbocycles. The lowest BCUT2D eigenvalue weighted by molar-refractivity contribution is 0.156. The molecular formula is C29H38N4O2S. The average molecular weight is 507 g/mol. The molecule has 0 aromatic heterocycles. The fraction of sp³-hybridized carbons (Fsp3) is 0.414. The van der Waals surface area contributed by atoms with E-state index in [0.717, 1.165) is 49.5 Å². The molecule has 0 atom stereocenters. The SMILES string of the molecule is C=C(c1ccc(NS(=O)(=O)c2cccc(C)c2/N=C\C)cc1)N1CCN(CC2(/C(C)=C/C)CC2)CC1. The van der Waals surface area contributed by atoms with E-state index in [9.17, 15) is 8.42 Å². The number of anilines is 1. The molecule has 0 spiro atoms. The minimum atomic E-state index is -3.77. The van der Waals surface area contributed by atoms with E-state index in [4.69, 9.17) is 0 Å². The van der Waals surface area contributed by atoms with Crippen LogP contribution in [0.25, 0.3) is 5.70 Å². The van der Waals surface area contributed by atoms with Gasteiger partial charge in [-0.25, -0.2) is 8.42 Å². The number of hydrogen-bond acceptors (Lipinski definition) is 5. The molecule has 1 aliphatic heterocycles. The van der Waals surface area contributed by atoms with Crippen LogP contribution in [-0.4, -0.2) is 57.2 Å². The minimum absolute atomic E-state index is 0.171. The van der Waals surface area contributed by atoms with Gasteiger partial charge in [0, 0.05) is 55.7 Å². The van der Waals surface area contributed by atoms with Crippen molar-refractivity contribution in [2.24, 2.45) is 10.4 Å². The molecule has 0 amide bonds. The molecule has 1 saturated heterocycles. The van der Waals surface area contributed by atoms with Crippen molar-refractivity contribution >= 4 is 33.3 Å². The number of rotatable bonds is 9. The molecule has 4 rings (SSSR count). The van der Waals surface area contributed by atoms with E-state index in [1.54, 1.807) is 37.4 Å². The molecule has 0 radical (unpaired) electrons. The molecular weight excluding hydrogens is 468 g/mol. The highest BCUT2D eigenvalue weighted by Gasteiger charge is 2.45. The molecule has 1 N–H and O–H groups in total. The number of nitrogens with one attached hydrogen (secondary N) is 1. The number of aliphatic imine (C=N–C) groups is 1. The lowest BCUT2D eigenvalue weighted by atomic mass is 9.96. The van der Waals surface area contributed by atoms with Gasteiger partial charge in [-0.1, -0.05) is 42.5 Å². The van der Waals surface area contributed by atoms with Crippen molar-refractivity contribution in [1.29, 1.82) is 0 Å². The van der Waals surface area contributed by atoms with Crippen molar-refractivity contribution in [3.63, 3.8) is 0 Å². The van der Waals surface area contributed by atoms with Crippen LogP contribution in [0.5, 0.6) is 0 Å². The second kappa shape index (κ2) is 10.6. The number of piperazine rings is 1. The van der Waals surface area contributed by atoms with Gasteiger partial charge in [0.15, 0.2) is 0 Å². The van der Waals surface area contributed by atoms with Crippen LogP contribution >= 0.6 is 0 Å². The van der Waals surface area contributed by atoms with Crippen LogP contribution < -0.4 is 4.72 Å². The van der Waals surface area contributed by atoms with Crippen LogP contribution in [0.4, 0.5) is 11.4 Å². The number of benzene rings is 2. The predicted octanol–water partition coefficient (Wildman–Crippen LogP) is 5.85. The standard InChI is InChI=1S/C29H38N4O2S/c1-6-23(4)29(15-16-29)21-32-17-19-33(20-18-32)24(5)25-11-13-26(14-12-25)31-36(34,35)27-10-8-9-22(3)28(27)30-7-2/h6-14,31H,5,15-21H2,1-4H3/b23-6+,30-7-. The fourth-order valence-electron chi connectivity index (χ4n) is 5.00. The van der Waals surface area contributed by atoms with Crippen LogP contribution in [0.2, 0.25) is 0 Å². The van der Waals surface area contributed by atoms with Crippen molar-refractivity contribution in [1.82, 2.24) is 9.80 Å². The molecule has 2 aliphatic rings. The molecule has 7 heteroatoms. The summed E-state index contributed by atoms with van der Waals surface area (Å²) in [5.74, 6) is 0. The zero-order valence-electron chi connectivity index (χ0n) is 21.9. The lowest BCUT2D eigenvalue weighted by Crippen LogP contribution is -2.47. The first kappa shape index (κ1) is 26.2. The Balaban J connectivity index is 1.38. The molecule has 192 valence electrons. The van der Waals surface area contributed by atoms with Crippen LogP contribution in [-0.2, 0) is 10.0 Å². The maximum Gasteiger partial charge on any atom is 0.264 e. The first-order valence-electron chi connectivity index (χ1n) is 12.7. The lowest BCUT2D eigenvalue weighted by Gasteiger charge is -2.39. The van der Waals surface area contributed by atoms with E-state index in [2.05, 4.69) is 46.0 Å². The molecule has 2 aromatic rings. The summed E-state index contributed by atoms with van der Waals surface area (Å²) in [6.45, 7) is 17.5. The first-order valence-corrected chi connectivity index (χ1v) is 14.2. The van der Waals surface area contributed by atoms with Crippen molar-refractivity contribution in [3.8, 4) is 0 Å². The fourth-order valence-corrected chi connectivity index (χ4v) is 6.29. The molecule has 6 nitrogen and oxygen atoms in total. The van der Waals surface area contributed by atoms with E-state index in [1.807, 2.05) is 25.1 Å². The van der Waals surface area contributed by atoms with Gasteiger partial charge in [-0.05, 0) is 69.9 Å². The van der Waals surface area contributed by atoms with Crippen LogP contribution in [0.3, 0.4) is 0 Å². The number of sulfonamides is 1. The third kappa shape index (κ3) is 5.57. The third-order valence-electron chi connectivity index (χ3n) is 7.62. The van der Waals surface area contributed by atoms with E-state index < -0.39 is 10.0 Å². The molecule has 2 aromatic carbocycles. The summed E-state index contributed by atoms with van der Waals surface area (Å²) in [6.07, 6.45) is 6.50. The summed E-state index contributed by atoms with van der Waals surface area (Å²) in [4.78, 5) is 9.37. The van der Waals surface area contributed by atoms with Gasteiger partial charge < -0.3 is 4.90 Å². The highest BCUT2D eigenvalue weighted by atomic mass is 32.2. The maximum atomic E-state index is 13.1. The van der Waals surface area contributed by atoms with Crippen molar-refractivity contribution in [2.75, 3.05) is 37.4 Å². The summed E-state index contributed by atoms with van der Waals surface area (Å²) in [7, 11) is -3.77. The normalized spacial score (nSPS) is 18.4. The summed E-state index contributed by atoms with van der Waals surface area (Å²) >= 11 is 0. The number of para-hydroxylation sites is 1. The molecule has 36 heavy (non-hydrogen) atoms. The second-order valence-electron chi connectivity index (χ2n) is 9.95. The highest BCUT2D eigenvalue weighted by molar-refractivity contribution is 7.92. The van der Waals surface area contributed by atoms with Gasteiger partial charge in [-0.2, -0.15) is 0 Å². The Labute approximate surface area is 216 Å². The summed E-state index contributed by atoms with van der Waals surface area (Å²) in [6, 6.07) is 12.6. The van der Waals surface area contributed by atoms with E-state index in [-0.39, 0.29) is 4.90 Å². The van der Waals surface area contributed by atoms with E-state index >= 15 is 0 Å². The van der Waals surface area contributed by atoms with Gasteiger partial charge in [0.25, 0.3) is 10.0 Å². The van der Waals surface area contributed by atoms with Crippen LogP contribution in [0, 0.1) is 12.3 Å². The Kier molecular flexibility index (Phi) is 7.71. The highest BCUT2D eigenvalue weighted by Crippen LogP contribution is 2.52. The summed E-state index contributed by atoms with van der Waals surface area (Å²) in [5.41, 5.74) is 5.71. The van der Waals surface area contributed by atoms with E-state index in [0.29, 0.717) is 16.8 Å². The molecule has 0 bridgehead atoms. The van der Waals surface area contributed by atoms with Crippen molar-refractivity contribution in [3.05, 3.63) is 71.8 Å². The minimum Gasteiger partial charge on any atom is -0.369 e.